The lowest BCUT2D eigenvalue weighted by Gasteiger charge is -2.24. The highest BCUT2D eigenvalue weighted by molar-refractivity contribution is 7.87. The van der Waals surface area contributed by atoms with E-state index in [2.05, 4.69) is 4.74 Å². The van der Waals surface area contributed by atoms with Crippen LogP contribution in [0.1, 0.15) is 19.8 Å². The summed E-state index contributed by atoms with van der Waals surface area (Å²) >= 11 is 0. The quantitative estimate of drug-likeness (QED) is 0.375. The SMILES string of the molecule is CC(=O)C(=O)OCC(=O)OC1C2CC3C1OS(=O)(=O)C3C2. The number of rotatable bonds is 4. The van der Waals surface area contributed by atoms with Gasteiger partial charge in [-0.1, -0.05) is 0 Å². The molecule has 0 N–H and O–H groups in total. The number of carbonyl (C=O) groups excluding carboxylic acids is 3. The molecule has 2 aliphatic carbocycles. The molecule has 5 atom stereocenters. The van der Waals surface area contributed by atoms with Crippen LogP contribution in [-0.4, -0.2) is 50.2 Å². The van der Waals surface area contributed by atoms with Gasteiger partial charge in [-0.3, -0.25) is 8.98 Å². The molecule has 1 saturated heterocycles. The molecule has 0 aromatic rings. The summed E-state index contributed by atoms with van der Waals surface area (Å²) in [5.41, 5.74) is 0. The van der Waals surface area contributed by atoms with Gasteiger partial charge in [0.05, 0.1) is 5.25 Å². The van der Waals surface area contributed by atoms with Gasteiger partial charge in [0.25, 0.3) is 10.1 Å². The van der Waals surface area contributed by atoms with Crippen molar-refractivity contribution in [3.63, 3.8) is 0 Å². The summed E-state index contributed by atoms with van der Waals surface area (Å²) < 4.78 is 38.1. The van der Waals surface area contributed by atoms with E-state index in [0.717, 1.165) is 6.92 Å². The minimum atomic E-state index is -3.56. The Labute approximate surface area is 120 Å². The Kier molecular flexibility index (Phi) is 3.28. The number of ketones is 1. The van der Waals surface area contributed by atoms with Crippen molar-refractivity contribution in [1.82, 2.24) is 0 Å². The highest BCUT2D eigenvalue weighted by Gasteiger charge is 2.65. The summed E-state index contributed by atoms with van der Waals surface area (Å²) in [6.07, 6.45) is -0.188. The predicted molar refractivity (Wildman–Crippen MR) is 65.3 cm³/mol. The van der Waals surface area contributed by atoms with Gasteiger partial charge in [0.15, 0.2) is 6.61 Å². The van der Waals surface area contributed by atoms with Gasteiger partial charge in [-0.05, 0) is 12.8 Å². The highest BCUT2D eigenvalue weighted by atomic mass is 32.2. The van der Waals surface area contributed by atoms with E-state index in [1.54, 1.807) is 0 Å². The summed E-state index contributed by atoms with van der Waals surface area (Å²) in [4.78, 5) is 33.2. The van der Waals surface area contributed by atoms with Crippen LogP contribution in [0.15, 0.2) is 0 Å². The molecule has 0 aromatic heterocycles. The Bertz CT molecular complexity index is 609. The van der Waals surface area contributed by atoms with Crippen LogP contribution >= 0.6 is 0 Å². The number of esters is 2. The fraction of sp³-hybridized carbons (Fsp3) is 0.750. The number of carbonyl (C=O) groups is 3. The van der Waals surface area contributed by atoms with Crippen molar-refractivity contribution < 1.29 is 36.5 Å². The van der Waals surface area contributed by atoms with Gasteiger partial charge in [-0.2, -0.15) is 8.42 Å². The van der Waals surface area contributed by atoms with Crippen LogP contribution in [0, 0.1) is 11.8 Å². The fourth-order valence-electron chi connectivity index (χ4n) is 3.46. The second-order valence-corrected chi connectivity index (χ2v) is 7.36. The Morgan fingerprint density at radius 1 is 1.24 bits per heavy atom. The van der Waals surface area contributed by atoms with Crippen molar-refractivity contribution in [2.45, 2.75) is 37.2 Å². The van der Waals surface area contributed by atoms with E-state index in [4.69, 9.17) is 8.92 Å². The molecule has 21 heavy (non-hydrogen) atoms. The largest absolute Gasteiger partial charge is 0.457 e. The average molecular weight is 318 g/mol. The smallest absolute Gasteiger partial charge is 0.374 e. The van der Waals surface area contributed by atoms with Crippen molar-refractivity contribution in [1.29, 1.82) is 0 Å². The van der Waals surface area contributed by atoms with Crippen molar-refractivity contribution >= 4 is 27.8 Å². The molecule has 0 aromatic carbocycles. The molecule has 0 spiro atoms. The lowest BCUT2D eigenvalue weighted by Crippen LogP contribution is -2.38. The van der Waals surface area contributed by atoms with Crippen molar-refractivity contribution in [3.8, 4) is 0 Å². The maximum absolute atomic E-state index is 11.7. The maximum atomic E-state index is 11.7. The minimum Gasteiger partial charge on any atom is -0.457 e. The van der Waals surface area contributed by atoms with Crippen LogP contribution < -0.4 is 0 Å². The molecule has 3 rings (SSSR count). The molecule has 2 saturated carbocycles. The summed E-state index contributed by atoms with van der Waals surface area (Å²) in [5, 5.41) is -0.488. The van der Waals surface area contributed by atoms with Crippen LogP contribution in [0.2, 0.25) is 0 Å². The third-order valence-electron chi connectivity index (χ3n) is 4.29. The van der Waals surface area contributed by atoms with E-state index in [1.807, 2.05) is 0 Å². The second-order valence-electron chi connectivity index (χ2n) is 5.57. The molecule has 5 unspecified atom stereocenters. The molecular formula is C12H14O8S. The molecule has 8 nitrogen and oxygen atoms in total. The van der Waals surface area contributed by atoms with Crippen LogP contribution in [0.3, 0.4) is 0 Å². The zero-order valence-electron chi connectivity index (χ0n) is 11.2. The Balaban J connectivity index is 1.59. The third kappa shape index (κ3) is 2.34. The number of hydrogen-bond acceptors (Lipinski definition) is 8. The molecular weight excluding hydrogens is 304 g/mol. The highest BCUT2D eigenvalue weighted by Crippen LogP contribution is 2.55. The average Bonchev–Trinajstić information content (AvgIpc) is 2.99. The van der Waals surface area contributed by atoms with Crippen LogP contribution in [0.5, 0.6) is 0 Å². The standard InChI is InChI=1S/C12H14O8S/c1-5(13)12(15)18-4-9(14)19-10-6-2-7-8(3-6)21(16,17)20-11(7)10/h6-8,10-11H,2-4H2,1H3. The molecule has 9 heteroatoms. The van der Waals surface area contributed by atoms with Gasteiger partial charge < -0.3 is 9.47 Å². The lowest BCUT2D eigenvalue weighted by atomic mass is 9.94. The first-order valence-corrected chi connectivity index (χ1v) is 8.06. The van der Waals surface area contributed by atoms with E-state index in [9.17, 15) is 22.8 Å². The summed E-state index contributed by atoms with van der Waals surface area (Å²) in [7, 11) is -3.56. The fourth-order valence-corrected chi connectivity index (χ4v) is 5.34. The molecule has 3 fully saturated rings. The monoisotopic (exact) mass is 318 g/mol. The first-order chi connectivity index (χ1) is 9.79. The first-order valence-electron chi connectivity index (χ1n) is 6.59. The molecule has 2 bridgehead atoms. The topological polar surface area (TPSA) is 113 Å². The van der Waals surface area contributed by atoms with Gasteiger partial charge in [0.1, 0.15) is 12.2 Å². The number of fused-ring (bicyclic) bond motifs is 1. The number of Topliss-reactive ketones (excluding diaryl/α,β-unsaturated/α-hetero) is 1. The van der Waals surface area contributed by atoms with Gasteiger partial charge in [0.2, 0.25) is 5.78 Å². The van der Waals surface area contributed by atoms with Crippen LogP contribution in [0.4, 0.5) is 0 Å². The summed E-state index contributed by atoms with van der Waals surface area (Å²) in [6.45, 7) is 0.357. The van der Waals surface area contributed by atoms with Crippen LogP contribution in [-0.2, 0) is 38.2 Å². The molecule has 3 aliphatic rings. The molecule has 0 radical (unpaired) electrons. The Morgan fingerprint density at radius 3 is 2.62 bits per heavy atom. The predicted octanol–water partition coefficient (Wildman–Crippen LogP) is -0.833. The van der Waals surface area contributed by atoms with Gasteiger partial charge in [-0.15, -0.1) is 0 Å². The number of ether oxygens (including phenoxy) is 2. The van der Waals surface area contributed by atoms with Gasteiger partial charge >= 0.3 is 11.9 Å². The van der Waals surface area contributed by atoms with Crippen molar-refractivity contribution in [2.24, 2.45) is 11.8 Å². The van der Waals surface area contributed by atoms with Gasteiger partial charge in [-0.25, -0.2) is 9.59 Å². The minimum absolute atomic E-state index is 0.0465. The Hall–Kier alpha value is -1.48. The van der Waals surface area contributed by atoms with Crippen molar-refractivity contribution in [2.75, 3.05) is 6.61 Å². The summed E-state index contributed by atoms with van der Waals surface area (Å²) in [6, 6.07) is 0. The van der Waals surface area contributed by atoms with E-state index >= 15 is 0 Å². The molecule has 1 aliphatic heterocycles. The van der Waals surface area contributed by atoms with E-state index in [1.165, 1.54) is 0 Å². The normalized spacial score (nSPS) is 38.2. The van der Waals surface area contributed by atoms with Crippen LogP contribution in [0.25, 0.3) is 0 Å². The third-order valence-corrected chi connectivity index (χ3v) is 6.06. The molecule has 1 heterocycles. The Morgan fingerprint density at radius 2 is 1.95 bits per heavy atom. The van der Waals surface area contributed by atoms with Gasteiger partial charge in [0, 0.05) is 18.8 Å². The zero-order valence-corrected chi connectivity index (χ0v) is 12.0. The number of hydrogen-bond donors (Lipinski definition) is 0. The van der Waals surface area contributed by atoms with E-state index < -0.39 is 51.9 Å². The zero-order chi connectivity index (χ0) is 15.4. The molecule has 116 valence electrons. The van der Waals surface area contributed by atoms with Crippen molar-refractivity contribution in [3.05, 3.63) is 0 Å². The summed E-state index contributed by atoms with van der Waals surface area (Å²) in [5.74, 6) is -2.91. The first kappa shape index (κ1) is 14.5. The lowest BCUT2D eigenvalue weighted by molar-refractivity contribution is -0.168. The van der Waals surface area contributed by atoms with E-state index in [-0.39, 0.29) is 11.8 Å². The second kappa shape index (κ2) is 4.77. The maximum Gasteiger partial charge on any atom is 0.374 e. The van der Waals surface area contributed by atoms with E-state index in [0.29, 0.717) is 12.8 Å². The molecule has 0 amide bonds.